The van der Waals surface area contributed by atoms with Gasteiger partial charge in [0, 0.05) is 28.1 Å². The van der Waals surface area contributed by atoms with E-state index in [2.05, 4.69) is 6.92 Å². The van der Waals surface area contributed by atoms with Crippen LogP contribution in [0.4, 0.5) is 0 Å². The van der Waals surface area contributed by atoms with Gasteiger partial charge in [0.1, 0.15) is 12.2 Å². The average molecular weight is 348 g/mol. The molecule has 0 spiro atoms. The molecule has 0 radical (unpaired) electrons. The fourth-order valence-electron chi connectivity index (χ4n) is 4.84. The number of hydrogen-bond acceptors (Lipinski definition) is 5. The molecule has 3 aliphatic rings. The second-order valence-corrected chi connectivity index (χ2v) is 7.96. The molecule has 2 aliphatic carbocycles. The largest absolute Gasteiger partial charge is 0.459 e. The van der Waals surface area contributed by atoms with Crippen molar-refractivity contribution in [1.82, 2.24) is 0 Å². The molecule has 0 aromatic heterocycles. The number of carbonyl (C=O) groups excluding carboxylic acids is 2. The van der Waals surface area contributed by atoms with Crippen molar-refractivity contribution >= 4 is 11.9 Å². The molecule has 2 fully saturated rings. The number of aliphatic hydroxyl groups is 1. The van der Waals surface area contributed by atoms with Gasteiger partial charge in [0.15, 0.2) is 0 Å². The summed E-state index contributed by atoms with van der Waals surface area (Å²) in [7, 11) is 0. The van der Waals surface area contributed by atoms with E-state index in [1.165, 1.54) is 0 Å². The van der Waals surface area contributed by atoms with E-state index in [4.69, 9.17) is 9.47 Å². The molecule has 138 valence electrons. The van der Waals surface area contributed by atoms with Gasteiger partial charge in [0.05, 0.1) is 6.10 Å². The molecule has 0 saturated heterocycles. The Bertz CT molecular complexity index is 661. The fourth-order valence-corrected chi connectivity index (χ4v) is 4.84. The molecular formula is C20H28O5. The number of hydrogen-bond donors (Lipinski definition) is 1. The Kier molecular flexibility index (Phi) is 4.56. The minimum atomic E-state index is -0.748. The molecule has 6 atom stereocenters. The second kappa shape index (κ2) is 6.27. The molecule has 25 heavy (non-hydrogen) atoms. The first kappa shape index (κ1) is 18.2. The van der Waals surface area contributed by atoms with Crippen LogP contribution >= 0.6 is 0 Å². The van der Waals surface area contributed by atoms with Crippen LogP contribution in [-0.4, -0.2) is 35.4 Å². The zero-order chi connectivity index (χ0) is 18.5. The van der Waals surface area contributed by atoms with E-state index in [0.717, 1.165) is 24.8 Å². The monoisotopic (exact) mass is 348 g/mol. The maximum absolute atomic E-state index is 12.2. The van der Waals surface area contributed by atoms with E-state index in [0.29, 0.717) is 11.1 Å². The molecule has 1 aliphatic heterocycles. The Labute approximate surface area is 149 Å². The SMILES string of the molecule is C/C=C(\C)C(=O)O[C@H]1CC[C@@H]2C[C@@H]3OC(=O)C(C)=C3[C@@H](O)[C@]2(C)[C@H]1C. The first-order chi connectivity index (χ1) is 11.7. The molecule has 5 heteroatoms. The van der Waals surface area contributed by atoms with Crippen LogP contribution in [0.3, 0.4) is 0 Å². The summed E-state index contributed by atoms with van der Waals surface area (Å²) in [5.41, 5.74) is 1.42. The molecule has 0 bridgehead atoms. The van der Waals surface area contributed by atoms with Gasteiger partial charge in [0.25, 0.3) is 0 Å². The lowest BCUT2D eigenvalue weighted by Gasteiger charge is -2.55. The van der Waals surface area contributed by atoms with Gasteiger partial charge in [-0.15, -0.1) is 0 Å². The van der Waals surface area contributed by atoms with Gasteiger partial charge in [0.2, 0.25) is 0 Å². The third kappa shape index (κ3) is 2.64. The molecule has 0 aromatic carbocycles. The maximum Gasteiger partial charge on any atom is 0.334 e. The Balaban J connectivity index is 1.88. The molecule has 0 aromatic rings. The van der Waals surface area contributed by atoms with Gasteiger partial charge in [-0.25, -0.2) is 9.59 Å². The summed E-state index contributed by atoms with van der Waals surface area (Å²) >= 11 is 0. The molecule has 0 unspecified atom stereocenters. The summed E-state index contributed by atoms with van der Waals surface area (Å²) in [5.74, 6) is -0.380. The summed E-state index contributed by atoms with van der Waals surface area (Å²) < 4.78 is 11.2. The van der Waals surface area contributed by atoms with Crippen LogP contribution in [0.2, 0.25) is 0 Å². The smallest absolute Gasteiger partial charge is 0.334 e. The van der Waals surface area contributed by atoms with Crippen LogP contribution in [0.5, 0.6) is 0 Å². The molecule has 2 saturated carbocycles. The Morgan fingerprint density at radius 1 is 1.40 bits per heavy atom. The van der Waals surface area contributed by atoms with Crippen LogP contribution < -0.4 is 0 Å². The molecule has 0 amide bonds. The summed E-state index contributed by atoms with van der Waals surface area (Å²) in [4.78, 5) is 24.1. The standard InChI is InChI=1S/C20H28O5/c1-6-10(2)18(22)24-14-8-7-13-9-15-16(11(3)19(23)25-15)17(21)20(13,5)12(14)4/h6,12-15,17,21H,7-9H2,1-5H3/b10-6+/t12-,13+,14-,15-,17+,20+/m0/s1. The van der Waals surface area contributed by atoms with Crippen LogP contribution in [-0.2, 0) is 19.1 Å². The number of carbonyl (C=O) groups is 2. The van der Waals surface area contributed by atoms with Crippen molar-refractivity contribution in [3.8, 4) is 0 Å². The predicted octanol–water partition coefficient (Wildman–Crippen LogP) is 2.92. The van der Waals surface area contributed by atoms with E-state index in [1.54, 1.807) is 19.9 Å². The molecule has 1 heterocycles. The normalized spacial score (nSPS) is 41.1. The fraction of sp³-hybridized carbons (Fsp3) is 0.700. The topological polar surface area (TPSA) is 72.8 Å². The van der Waals surface area contributed by atoms with Crippen molar-refractivity contribution in [3.05, 3.63) is 22.8 Å². The van der Waals surface area contributed by atoms with Gasteiger partial charge in [-0.05, 0) is 46.0 Å². The number of fused-ring (bicyclic) bond motifs is 2. The van der Waals surface area contributed by atoms with E-state index in [-0.39, 0.29) is 36.0 Å². The molecule has 1 N–H and O–H groups in total. The summed E-state index contributed by atoms with van der Waals surface area (Å²) in [6, 6.07) is 0. The van der Waals surface area contributed by atoms with Gasteiger partial charge in [-0.1, -0.05) is 19.9 Å². The van der Waals surface area contributed by atoms with Crippen molar-refractivity contribution in [2.45, 2.75) is 72.2 Å². The summed E-state index contributed by atoms with van der Waals surface area (Å²) in [6.07, 6.45) is 2.84. The highest BCUT2D eigenvalue weighted by Gasteiger charge is 2.59. The van der Waals surface area contributed by atoms with Crippen LogP contribution in [0.1, 0.15) is 53.9 Å². The van der Waals surface area contributed by atoms with Gasteiger partial charge in [-0.3, -0.25) is 0 Å². The number of aliphatic hydroxyl groups excluding tert-OH is 1. The first-order valence-corrected chi connectivity index (χ1v) is 9.15. The Morgan fingerprint density at radius 2 is 2.08 bits per heavy atom. The highest BCUT2D eigenvalue weighted by atomic mass is 16.6. The number of ether oxygens (including phenoxy) is 2. The van der Waals surface area contributed by atoms with Crippen molar-refractivity contribution < 1.29 is 24.2 Å². The van der Waals surface area contributed by atoms with Gasteiger partial charge in [-0.2, -0.15) is 0 Å². The highest BCUT2D eigenvalue weighted by Crippen LogP contribution is 2.57. The highest BCUT2D eigenvalue weighted by molar-refractivity contribution is 5.92. The third-order valence-electron chi connectivity index (χ3n) is 6.95. The minimum Gasteiger partial charge on any atom is -0.459 e. The van der Waals surface area contributed by atoms with Crippen molar-refractivity contribution in [1.29, 1.82) is 0 Å². The van der Waals surface area contributed by atoms with E-state index in [1.807, 2.05) is 13.8 Å². The van der Waals surface area contributed by atoms with Crippen molar-refractivity contribution in [2.75, 3.05) is 0 Å². The Morgan fingerprint density at radius 3 is 2.72 bits per heavy atom. The first-order valence-electron chi connectivity index (χ1n) is 9.15. The Hall–Kier alpha value is -1.62. The van der Waals surface area contributed by atoms with Gasteiger partial charge >= 0.3 is 11.9 Å². The maximum atomic E-state index is 12.2. The summed E-state index contributed by atoms with van der Waals surface area (Å²) in [5, 5.41) is 11.2. The third-order valence-corrected chi connectivity index (χ3v) is 6.95. The van der Waals surface area contributed by atoms with E-state index < -0.39 is 11.5 Å². The predicted molar refractivity (Wildman–Crippen MR) is 92.5 cm³/mol. The van der Waals surface area contributed by atoms with Crippen LogP contribution in [0.15, 0.2) is 22.8 Å². The van der Waals surface area contributed by atoms with Crippen molar-refractivity contribution in [2.24, 2.45) is 17.3 Å². The lowest BCUT2D eigenvalue weighted by atomic mass is 9.52. The lowest BCUT2D eigenvalue weighted by molar-refractivity contribution is -0.172. The van der Waals surface area contributed by atoms with Crippen LogP contribution in [0.25, 0.3) is 0 Å². The molecular weight excluding hydrogens is 320 g/mol. The van der Waals surface area contributed by atoms with Gasteiger partial charge < -0.3 is 14.6 Å². The lowest BCUT2D eigenvalue weighted by Crippen LogP contribution is -2.57. The molecule has 3 rings (SSSR count). The van der Waals surface area contributed by atoms with Crippen molar-refractivity contribution in [3.63, 3.8) is 0 Å². The van der Waals surface area contributed by atoms with E-state index >= 15 is 0 Å². The second-order valence-electron chi connectivity index (χ2n) is 7.96. The zero-order valence-corrected chi connectivity index (χ0v) is 15.7. The minimum absolute atomic E-state index is 0.00759. The average Bonchev–Trinajstić information content (AvgIpc) is 2.86. The zero-order valence-electron chi connectivity index (χ0n) is 15.7. The molecule has 5 nitrogen and oxygen atoms in total. The summed E-state index contributed by atoms with van der Waals surface area (Å²) in [6.45, 7) is 9.40. The van der Waals surface area contributed by atoms with E-state index in [9.17, 15) is 14.7 Å². The number of rotatable bonds is 2. The van der Waals surface area contributed by atoms with Crippen LogP contribution in [0, 0.1) is 17.3 Å². The number of esters is 2. The quantitative estimate of drug-likeness (QED) is 0.613. The number of allylic oxidation sites excluding steroid dienone is 1.